The molecule has 3 heteroatoms. The second-order valence-corrected chi connectivity index (χ2v) is 7.16. The molecule has 1 aromatic heterocycles. The summed E-state index contributed by atoms with van der Waals surface area (Å²) < 4.78 is 4.98. The van der Waals surface area contributed by atoms with E-state index < -0.39 is 0 Å². The summed E-state index contributed by atoms with van der Waals surface area (Å²) in [6, 6.07) is 13.3. The molecular weight excluding hydrogens is 282 g/mol. The number of nitrogens with zero attached hydrogens (tertiary/aromatic N) is 1. The smallest absolute Gasteiger partial charge is 0.179 e. The number of thioether (sulfide) groups is 1. The molecule has 2 aromatic carbocycles. The van der Waals surface area contributed by atoms with Crippen molar-refractivity contribution in [2.45, 2.75) is 18.2 Å². The molecule has 0 saturated heterocycles. The van der Waals surface area contributed by atoms with Gasteiger partial charge in [-0.05, 0) is 66.3 Å². The van der Waals surface area contributed by atoms with Gasteiger partial charge in [0.25, 0.3) is 4.34 Å². The molecule has 1 nitrogen and oxygen atoms in total. The lowest BCUT2D eigenvalue weighted by molar-refractivity contribution is -0.676. The fraction of sp³-hybridized carbons (Fsp3) is 0.235. The number of benzene rings is 2. The van der Waals surface area contributed by atoms with Gasteiger partial charge >= 0.3 is 0 Å². The molecule has 0 aliphatic carbocycles. The molecule has 3 aromatic rings. The zero-order valence-corrected chi connectivity index (χ0v) is 13.9. The number of aryl methyl sites for hydroxylation is 3. The SMILES string of the molecule is CSc1sc2cc(-c3c(C)cccc3C)ccc2[n+]1C. The molecule has 3 rings (SSSR count). The Morgan fingerprint density at radius 1 is 1.05 bits per heavy atom. The van der Waals surface area contributed by atoms with E-state index in [0.29, 0.717) is 0 Å². The second-order valence-electron chi connectivity index (χ2n) is 5.08. The average Bonchev–Trinajstić information content (AvgIpc) is 2.75. The summed E-state index contributed by atoms with van der Waals surface area (Å²) in [6.07, 6.45) is 2.14. The lowest BCUT2D eigenvalue weighted by Gasteiger charge is -2.09. The van der Waals surface area contributed by atoms with Gasteiger partial charge in [-0.1, -0.05) is 29.5 Å². The lowest BCUT2D eigenvalue weighted by atomic mass is 9.96. The lowest BCUT2D eigenvalue weighted by Crippen LogP contribution is -2.27. The third kappa shape index (κ3) is 2.15. The molecule has 0 unspecified atom stereocenters. The van der Waals surface area contributed by atoms with Crippen LogP contribution in [0.15, 0.2) is 40.7 Å². The van der Waals surface area contributed by atoms with Crippen LogP contribution >= 0.6 is 23.1 Å². The van der Waals surface area contributed by atoms with E-state index in [4.69, 9.17) is 0 Å². The third-order valence-electron chi connectivity index (χ3n) is 3.74. The molecule has 0 aliphatic rings. The summed E-state index contributed by atoms with van der Waals surface area (Å²) in [5.41, 5.74) is 6.69. The van der Waals surface area contributed by atoms with Crippen molar-refractivity contribution < 1.29 is 4.57 Å². The van der Waals surface area contributed by atoms with Crippen LogP contribution in [-0.2, 0) is 7.05 Å². The number of thiazole rings is 1. The number of aromatic nitrogens is 1. The zero-order valence-electron chi connectivity index (χ0n) is 12.2. The van der Waals surface area contributed by atoms with Crippen LogP contribution in [0, 0.1) is 13.8 Å². The van der Waals surface area contributed by atoms with Gasteiger partial charge in [0.2, 0.25) is 5.52 Å². The van der Waals surface area contributed by atoms with Crippen LogP contribution in [0.1, 0.15) is 11.1 Å². The first-order valence-electron chi connectivity index (χ1n) is 6.65. The van der Waals surface area contributed by atoms with Gasteiger partial charge in [0, 0.05) is 6.07 Å². The molecule has 0 N–H and O–H groups in total. The van der Waals surface area contributed by atoms with Gasteiger partial charge in [0.15, 0.2) is 0 Å². The Labute approximate surface area is 128 Å². The van der Waals surface area contributed by atoms with Gasteiger partial charge in [-0.3, -0.25) is 0 Å². The van der Waals surface area contributed by atoms with E-state index in [-0.39, 0.29) is 0 Å². The maximum absolute atomic E-state index is 2.33. The summed E-state index contributed by atoms with van der Waals surface area (Å²) in [7, 11) is 2.14. The standard InChI is InChI=1S/C17H18NS2/c1-11-6-5-7-12(2)16(11)13-8-9-14-15(10-13)20-17(19-4)18(14)3/h5-10H,1-4H3/q+1. The Morgan fingerprint density at radius 2 is 1.75 bits per heavy atom. The first kappa shape index (κ1) is 13.7. The van der Waals surface area contributed by atoms with Crippen molar-refractivity contribution in [2.24, 2.45) is 7.05 Å². The van der Waals surface area contributed by atoms with Gasteiger partial charge in [-0.25, -0.2) is 0 Å². The molecular formula is C17H18NS2+. The van der Waals surface area contributed by atoms with Gasteiger partial charge in [0.05, 0.1) is 0 Å². The first-order valence-corrected chi connectivity index (χ1v) is 8.69. The van der Waals surface area contributed by atoms with E-state index in [1.165, 1.54) is 36.8 Å². The average molecular weight is 300 g/mol. The van der Waals surface area contributed by atoms with Crippen LogP contribution in [0.3, 0.4) is 0 Å². The summed E-state index contributed by atoms with van der Waals surface area (Å²) in [4.78, 5) is 0. The van der Waals surface area contributed by atoms with E-state index in [1.54, 1.807) is 0 Å². The van der Waals surface area contributed by atoms with Gasteiger partial charge in [-0.2, -0.15) is 4.57 Å². The highest BCUT2D eigenvalue weighted by molar-refractivity contribution is 8.00. The molecule has 0 spiro atoms. The van der Waals surface area contributed by atoms with Crippen LogP contribution in [0.2, 0.25) is 0 Å². The topological polar surface area (TPSA) is 3.88 Å². The van der Waals surface area contributed by atoms with E-state index in [0.717, 1.165) is 0 Å². The van der Waals surface area contributed by atoms with Crippen LogP contribution in [0.4, 0.5) is 0 Å². The molecule has 0 bridgehead atoms. The summed E-state index contributed by atoms with van der Waals surface area (Å²) in [5.74, 6) is 0. The Balaban J connectivity index is 2.23. The normalized spacial score (nSPS) is 11.2. The van der Waals surface area contributed by atoms with Crippen molar-refractivity contribution in [2.75, 3.05) is 6.26 Å². The van der Waals surface area contributed by atoms with Crippen molar-refractivity contribution in [1.82, 2.24) is 0 Å². The number of hydrogen-bond donors (Lipinski definition) is 0. The molecule has 102 valence electrons. The minimum Gasteiger partial charge on any atom is -0.179 e. The summed E-state index contributed by atoms with van der Waals surface area (Å²) in [6.45, 7) is 4.38. The quantitative estimate of drug-likeness (QED) is 0.489. The van der Waals surface area contributed by atoms with Gasteiger partial charge in [-0.15, -0.1) is 0 Å². The molecule has 0 saturated carbocycles. The summed E-state index contributed by atoms with van der Waals surface area (Å²) in [5, 5.41) is 0. The number of fused-ring (bicyclic) bond motifs is 1. The third-order valence-corrected chi connectivity index (χ3v) is 6.11. The van der Waals surface area contributed by atoms with Gasteiger partial charge < -0.3 is 0 Å². The molecule has 0 amide bonds. The summed E-state index contributed by atoms with van der Waals surface area (Å²) >= 11 is 3.68. The van der Waals surface area contributed by atoms with E-state index in [9.17, 15) is 0 Å². The van der Waals surface area contributed by atoms with Crippen LogP contribution in [0.25, 0.3) is 21.3 Å². The molecule has 1 heterocycles. The van der Waals surface area contributed by atoms with Crippen LogP contribution in [0.5, 0.6) is 0 Å². The largest absolute Gasteiger partial charge is 0.297 e. The highest BCUT2D eigenvalue weighted by Crippen LogP contribution is 2.32. The van der Waals surface area contributed by atoms with Crippen molar-refractivity contribution in [1.29, 1.82) is 0 Å². The zero-order chi connectivity index (χ0) is 14.3. The van der Waals surface area contributed by atoms with Crippen molar-refractivity contribution >= 4 is 33.3 Å². The molecule has 0 aliphatic heterocycles. The Bertz CT molecular complexity index is 767. The second kappa shape index (κ2) is 5.23. The van der Waals surface area contributed by atoms with E-state index in [2.05, 4.69) is 68.1 Å². The van der Waals surface area contributed by atoms with Crippen LogP contribution < -0.4 is 4.57 Å². The van der Waals surface area contributed by atoms with E-state index in [1.807, 2.05) is 23.1 Å². The highest BCUT2D eigenvalue weighted by atomic mass is 32.2. The van der Waals surface area contributed by atoms with Crippen molar-refractivity contribution in [3.05, 3.63) is 47.5 Å². The Hall–Kier alpha value is -1.32. The molecule has 0 fully saturated rings. The highest BCUT2D eigenvalue weighted by Gasteiger charge is 2.17. The fourth-order valence-electron chi connectivity index (χ4n) is 2.74. The molecule has 20 heavy (non-hydrogen) atoms. The monoisotopic (exact) mass is 300 g/mol. The molecule has 0 radical (unpaired) electrons. The Kier molecular flexibility index (Phi) is 3.57. The Morgan fingerprint density at radius 3 is 2.40 bits per heavy atom. The predicted molar refractivity (Wildman–Crippen MR) is 89.7 cm³/mol. The maximum Gasteiger partial charge on any atom is 0.297 e. The predicted octanol–water partition coefficient (Wildman–Crippen LogP) is 4.73. The molecule has 0 atom stereocenters. The first-order chi connectivity index (χ1) is 9.61. The van der Waals surface area contributed by atoms with Crippen molar-refractivity contribution in [3.63, 3.8) is 0 Å². The minimum atomic E-state index is 1.31. The van der Waals surface area contributed by atoms with Gasteiger partial charge in [0.1, 0.15) is 11.7 Å². The number of rotatable bonds is 2. The van der Waals surface area contributed by atoms with Crippen molar-refractivity contribution in [3.8, 4) is 11.1 Å². The number of hydrogen-bond acceptors (Lipinski definition) is 2. The fourth-order valence-corrected chi connectivity index (χ4v) is 4.63. The van der Waals surface area contributed by atoms with Crippen LogP contribution in [-0.4, -0.2) is 6.26 Å². The van der Waals surface area contributed by atoms with E-state index >= 15 is 0 Å². The maximum atomic E-state index is 2.33. The minimum absolute atomic E-state index is 1.31.